The van der Waals surface area contributed by atoms with Gasteiger partial charge in [0.2, 0.25) is 0 Å². The Labute approximate surface area is 85.3 Å². The third kappa shape index (κ3) is 3.22. The maximum absolute atomic E-state index is 11.2. The molecular formula is C11H19NO2. The molecule has 0 bridgehead atoms. The Bertz CT molecular complexity index is 225. The fourth-order valence-electron chi connectivity index (χ4n) is 1.99. The quantitative estimate of drug-likeness (QED) is 0.691. The first-order valence-corrected chi connectivity index (χ1v) is 5.40. The molecule has 0 aliphatic carbocycles. The summed E-state index contributed by atoms with van der Waals surface area (Å²) in [6.07, 6.45) is 3.79. The highest BCUT2D eigenvalue weighted by Gasteiger charge is 2.23. The molecule has 1 heterocycles. The van der Waals surface area contributed by atoms with Gasteiger partial charge in [0.25, 0.3) is 0 Å². The molecule has 1 aliphatic rings. The maximum Gasteiger partial charge on any atom is 0.199 e. The molecule has 0 aromatic carbocycles. The summed E-state index contributed by atoms with van der Waals surface area (Å²) in [4.78, 5) is 22.0. The first-order valence-electron chi connectivity index (χ1n) is 5.40. The van der Waals surface area contributed by atoms with E-state index in [1.54, 1.807) is 0 Å². The van der Waals surface area contributed by atoms with Crippen molar-refractivity contribution in [3.8, 4) is 0 Å². The van der Waals surface area contributed by atoms with Gasteiger partial charge in [-0.25, -0.2) is 0 Å². The van der Waals surface area contributed by atoms with Gasteiger partial charge in [0.05, 0.1) is 0 Å². The van der Waals surface area contributed by atoms with Gasteiger partial charge in [0.15, 0.2) is 11.6 Å². The molecule has 1 rings (SSSR count). The number of hydrogen-bond acceptors (Lipinski definition) is 3. The molecule has 1 aliphatic heterocycles. The summed E-state index contributed by atoms with van der Waals surface area (Å²) in [5.74, 6) is 0.172. The van der Waals surface area contributed by atoms with Gasteiger partial charge >= 0.3 is 0 Å². The lowest BCUT2D eigenvalue weighted by Gasteiger charge is -2.29. The number of carbonyl (C=O) groups excluding carboxylic acids is 2. The van der Waals surface area contributed by atoms with E-state index >= 15 is 0 Å². The van der Waals surface area contributed by atoms with Gasteiger partial charge < -0.3 is 5.32 Å². The summed E-state index contributed by atoms with van der Waals surface area (Å²) in [6.45, 7) is 4.51. The van der Waals surface area contributed by atoms with Crippen molar-refractivity contribution in [1.82, 2.24) is 5.32 Å². The molecular weight excluding hydrogens is 178 g/mol. The molecule has 1 N–H and O–H groups in total. The highest BCUT2D eigenvalue weighted by molar-refractivity contribution is 6.36. The van der Waals surface area contributed by atoms with Crippen molar-refractivity contribution in [3.05, 3.63) is 0 Å². The third-order valence-corrected chi connectivity index (χ3v) is 3.01. The molecule has 0 aromatic rings. The van der Waals surface area contributed by atoms with Crippen molar-refractivity contribution in [3.63, 3.8) is 0 Å². The predicted octanol–water partition coefficient (Wildman–Crippen LogP) is 1.31. The molecule has 80 valence electrons. The minimum atomic E-state index is -0.314. The van der Waals surface area contributed by atoms with Gasteiger partial charge in [0, 0.05) is 19.4 Å². The van der Waals surface area contributed by atoms with Gasteiger partial charge in [-0.15, -0.1) is 0 Å². The standard InChI is InChI=1S/C11H19NO2/c1-3-9-4-5-12-10(6-9)7-11(14)8(2)13/h9-10,12H,3-7H2,1-2H3. The SMILES string of the molecule is CCC1CCNC(CC(=O)C(C)=O)C1. The van der Waals surface area contributed by atoms with E-state index in [4.69, 9.17) is 0 Å². The van der Waals surface area contributed by atoms with Gasteiger partial charge in [0.1, 0.15) is 0 Å². The van der Waals surface area contributed by atoms with Crippen molar-refractivity contribution < 1.29 is 9.59 Å². The summed E-state index contributed by atoms with van der Waals surface area (Å²) in [5, 5.41) is 3.30. The van der Waals surface area contributed by atoms with Gasteiger partial charge in [-0.3, -0.25) is 9.59 Å². The summed E-state index contributed by atoms with van der Waals surface area (Å²) in [6, 6.07) is 0.227. The highest BCUT2D eigenvalue weighted by Crippen LogP contribution is 2.20. The fraction of sp³-hybridized carbons (Fsp3) is 0.818. The number of carbonyl (C=O) groups is 2. The lowest BCUT2D eigenvalue weighted by molar-refractivity contribution is -0.135. The van der Waals surface area contributed by atoms with Crippen LogP contribution in [0.4, 0.5) is 0 Å². The number of rotatable bonds is 4. The summed E-state index contributed by atoms with van der Waals surface area (Å²) in [7, 11) is 0. The first kappa shape index (κ1) is 11.4. The van der Waals surface area contributed by atoms with Crippen LogP contribution in [0.25, 0.3) is 0 Å². The van der Waals surface area contributed by atoms with E-state index in [1.165, 1.54) is 19.8 Å². The monoisotopic (exact) mass is 197 g/mol. The molecule has 3 heteroatoms. The van der Waals surface area contributed by atoms with E-state index in [0.717, 1.165) is 18.9 Å². The third-order valence-electron chi connectivity index (χ3n) is 3.01. The number of Topliss-reactive ketones (excluding diaryl/α,β-unsaturated/α-hetero) is 2. The molecule has 1 fully saturated rings. The van der Waals surface area contributed by atoms with E-state index in [-0.39, 0.29) is 17.6 Å². The predicted molar refractivity (Wildman–Crippen MR) is 55.1 cm³/mol. The average molecular weight is 197 g/mol. The zero-order chi connectivity index (χ0) is 10.6. The van der Waals surface area contributed by atoms with Crippen LogP contribution in [0.3, 0.4) is 0 Å². The normalized spacial score (nSPS) is 27.3. The van der Waals surface area contributed by atoms with Gasteiger partial charge in [-0.1, -0.05) is 13.3 Å². The van der Waals surface area contributed by atoms with Gasteiger partial charge in [-0.05, 0) is 25.3 Å². The van der Waals surface area contributed by atoms with Crippen LogP contribution < -0.4 is 5.32 Å². The Kier molecular flexibility index (Phi) is 4.26. The summed E-state index contributed by atoms with van der Waals surface area (Å²) >= 11 is 0. The average Bonchev–Trinajstić information content (AvgIpc) is 2.18. The van der Waals surface area contributed by atoms with Crippen LogP contribution in [-0.4, -0.2) is 24.2 Å². The van der Waals surface area contributed by atoms with Crippen LogP contribution in [0.15, 0.2) is 0 Å². The van der Waals surface area contributed by atoms with Crippen molar-refractivity contribution in [1.29, 1.82) is 0 Å². The Hall–Kier alpha value is -0.700. The van der Waals surface area contributed by atoms with Crippen molar-refractivity contribution in [2.45, 2.75) is 45.6 Å². The van der Waals surface area contributed by atoms with Crippen molar-refractivity contribution in [2.75, 3.05) is 6.54 Å². The number of hydrogen-bond donors (Lipinski definition) is 1. The van der Waals surface area contributed by atoms with E-state index in [2.05, 4.69) is 12.2 Å². The largest absolute Gasteiger partial charge is 0.314 e. The lowest BCUT2D eigenvalue weighted by Crippen LogP contribution is -2.40. The number of ketones is 2. The highest BCUT2D eigenvalue weighted by atomic mass is 16.2. The molecule has 1 saturated heterocycles. The van der Waals surface area contributed by atoms with Crippen molar-refractivity contribution in [2.24, 2.45) is 5.92 Å². The topological polar surface area (TPSA) is 46.2 Å². The number of nitrogens with one attached hydrogen (secondary N) is 1. The van der Waals surface area contributed by atoms with Crippen LogP contribution in [0, 0.1) is 5.92 Å². The van der Waals surface area contributed by atoms with E-state index < -0.39 is 0 Å². The smallest absolute Gasteiger partial charge is 0.199 e. The van der Waals surface area contributed by atoms with Crippen LogP contribution in [0.2, 0.25) is 0 Å². The van der Waals surface area contributed by atoms with Crippen LogP contribution >= 0.6 is 0 Å². The lowest BCUT2D eigenvalue weighted by atomic mass is 9.88. The Morgan fingerprint density at radius 1 is 1.43 bits per heavy atom. The Morgan fingerprint density at radius 2 is 2.14 bits per heavy atom. The van der Waals surface area contributed by atoms with Gasteiger partial charge in [-0.2, -0.15) is 0 Å². The molecule has 0 spiro atoms. The minimum absolute atomic E-state index is 0.227. The van der Waals surface area contributed by atoms with Crippen molar-refractivity contribution >= 4 is 11.6 Å². The molecule has 3 nitrogen and oxygen atoms in total. The second-order valence-electron chi connectivity index (χ2n) is 4.13. The molecule has 2 unspecified atom stereocenters. The summed E-state index contributed by atoms with van der Waals surface area (Å²) < 4.78 is 0. The first-order chi connectivity index (χ1) is 6.63. The molecule has 2 atom stereocenters. The molecule has 0 saturated carbocycles. The van der Waals surface area contributed by atoms with E-state index in [9.17, 15) is 9.59 Å². The van der Waals surface area contributed by atoms with Crippen LogP contribution in [0.5, 0.6) is 0 Å². The van der Waals surface area contributed by atoms with Crippen LogP contribution in [0.1, 0.15) is 39.5 Å². The molecule has 0 radical (unpaired) electrons. The van der Waals surface area contributed by atoms with E-state index in [0.29, 0.717) is 6.42 Å². The summed E-state index contributed by atoms with van der Waals surface area (Å²) in [5.41, 5.74) is 0. The number of piperidine rings is 1. The second kappa shape index (κ2) is 5.25. The van der Waals surface area contributed by atoms with Crippen LogP contribution in [-0.2, 0) is 9.59 Å². The minimum Gasteiger partial charge on any atom is -0.314 e. The Balaban J connectivity index is 2.37. The molecule has 0 amide bonds. The molecule has 14 heavy (non-hydrogen) atoms. The van der Waals surface area contributed by atoms with E-state index in [1.807, 2.05) is 0 Å². The Morgan fingerprint density at radius 3 is 2.71 bits per heavy atom. The fourth-order valence-corrected chi connectivity index (χ4v) is 1.99. The second-order valence-corrected chi connectivity index (χ2v) is 4.13. The zero-order valence-electron chi connectivity index (χ0n) is 9.01. The zero-order valence-corrected chi connectivity index (χ0v) is 9.01. The molecule has 0 aromatic heterocycles. The maximum atomic E-state index is 11.2.